The summed E-state index contributed by atoms with van der Waals surface area (Å²) in [7, 11) is 0. The lowest BCUT2D eigenvalue weighted by atomic mass is 9.96. The number of hydrogen-bond donors (Lipinski definition) is 2. The highest BCUT2D eigenvalue weighted by Crippen LogP contribution is 2.24. The van der Waals surface area contributed by atoms with Gasteiger partial charge in [0, 0.05) is 55.8 Å². The predicted octanol–water partition coefficient (Wildman–Crippen LogP) is 2.78. The summed E-state index contributed by atoms with van der Waals surface area (Å²) in [6.07, 6.45) is 6.68. The van der Waals surface area contributed by atoms with E-state index in [4.69, 9.17) is 0 Å². The van der Waals surface area contributed by atoms with Crippen molar-refractivity contribution in [2.45, 2.75) is 26.7 Å². The van der Waals surface area contributed by atoms with Gasteiger partial charge in [0.2, 0.25) is 11.8 Å². The van der Waals surface area contributed by atoms with Gasteiger partial charge >= 0.3 is 0 Å². The van der Waals surface area contributed by atoms with Crippen molar-refractivity contribution in [1.82, 2.24) is 19.5 Å². The molecule has 3 aromatic rings. The molecule has 0 saturated carbocycles. The standard InChI is InChI=1S/C22H25N7O2/c1-15-23-9-12-29(15)21-13-20(24-14-25-21)28-10-7-17(8-11-28)22(31)27-19-5-3-18(4-6-19)26-16(2)30/h3-6,9,12-14,17H,7-8,10-11H2,1-2H3,(H,26,30)(H,27,31). The molecule has 0 unspecified atom stereocenters. The van der Waals surface area contributed by atoms with Crippen LogP contribution in [0.15, 0.2) is 49.1 Å². The van der Waals surface area contributed by atoms with E-state index in [1.54, 1.807) is 36.8 Å². The highest BCUT2D eigenvalue weighted by molar-refractivity contribution is 5.93. The van der Waals surface area contributed by atoms with Gasteiger partial charge in [-0.3, -0.25) is 14.2 Å². The highest BCUT2D eigenvalue weighted by Gasteiger charge is 2.26. The number of carbonyl (C=O) groups is 2. The molecule has 0 bridgehead atoms. The van der Waals surface area contributed by atoms with E-state index in [0.717, 1.165) is 49.1 Å². The Labute approximate surface area is 180 Å². The number of hydrogen-bond acceptors (Lipinski definition) is 6. The molecule has 2 N–H and O–H groups in total. The van der Waals surface area contributed by atoms with Crippen LogP contribution in [-0.2, 0) is 9.59 Å². The SMILES string of the molecule is CC(=O)Nc1ccc(NC(=O)C2CCN(c3cc(-n4ccnc4C)ncn3)CC2)cc1. The lowest BCUT2D eigenvalue weighted by Crippen LogP contribution is -2.38. The lowest BCUT2D eigenvalue weighted by molar-refractivity contribution is -0.120. The quantitative estimate of drug-likeness (QED) is 0.659. The molecule has 160 valence electrons. The zero-order chi connectivity index (χ0) is 21.8. The van der Waals surface area contributed by atoms with E-state index in [2.05, 4.69) is 30.5 Å². The average molecular weight is 419 g/mol. The molecule has 1 aliphatic heterocycles. The Bertz CT molecular complexity index is 1070. The number of anilines is 3. The number of carbonyl (C=O) groups excluding carboxylic acids is 2. The Morgan fingerprint density at radius 3 is 2.23 bits per heavy atom. The van der Waals surface area contributed by atoms with Crippen LogP contribution in [-0.4, -0.2) is 44.4 Å². The molecular weight excluding hydrogens is 394 g/mol. The first-order chi connectivity index (χ1) is 15.0. The van der Waals surface area contributed by atoms with E-state index < -0.39 is 0 Å². The summed E-state index contributed by atoms with van der Waals surface area (Å²) in [4.78, 5) is 39.0. The number of aryl methyl sites for hydroxylation is 1. The van der Waals surface area contributed by atoms with Crippen molar-refractivity contribution in [3.05, 3.63) is 54.9 Å². The van der Waals surface area contributed by atoms with Crippen LogP contribution in [0, 0.1) is 12.8 Å². The molecule has 3 heterocycles. The first kappa shape index (κ1) is 20.5. The van der Waals surface area contributed by atoms with Gasteiger partial charge in [-0.2, -0.15) is 0 Å². The van der Waals surface area contributed by atoms with Gasteiger partial charge in [0.05, 0.1) is 0 Å². The van der Waals surface area contributed by atoms with Crippen molar-refractivity contribution in [3.8, 4) is 5.82 Å². The second-order valence-corrected chi connectivity index (χ2v) is 7.59. The van der Waals surface area contributed by atoms with E-state index in [1.165, 1.54) is 6.92 Å². The molecule has 4 rings (SSSR count). The van der Waals surface area contributed by atoms with Gasteiger partial charge in [-0.25, -0.2) is 15.0 Å². The van der Waals surface area contributed by atoms with Gasteiger partial charge in [-0.1, -0.05) is 0 Å². The average Bonchev–Trinajstić information content (AvgIpc) is 3.21. The zero-order valence-electron chi connectivity index (χ0n) is 17.6. The number of aromatic nitrogens is 4. The number of amides is 2. The third kappa shape index (κ3) is 4.88. The zero-order valence-corrected chi connectivity index (χ0v) is 17.6. The second-order valence-electron chi connectivity index (χ2n) is 7.59. The summed E-state index contributed by atoms with van der Waals surface area (Å²) in [6, 6.07) is 9.08. The van der Waals surface area contributed by atoms with Crippen LogP contribution in [0.25, 0.3) is 5.82 Å². The summed E-state index contributed by atoms with van der Waals surface area (Å²) < 4.78 is 1.92. The summed E-state index contributed by atoms with van der Waals surface area (Å²) in [5.74, 6) is 2.34. The number of imidazole rings is 1. The fourth-order valence-corrected chi connectivity index (χ4v) is 3.72. The van der Waals surface area contributed by atoms with Gasteiger partial charge < -0.3 is 15.5 Å². The number of nitrogens with one attached hydrogen (secondary N) is 2. The second kappa shape index (κ2) is 8.95. The third-order valence-corrected chi connectivity index (χ3v) is 5.37. The van der Waals surface area contributed by atoms with E-state index in [9.17, 15) is 9.59 Å². The van der Waals surface area contributed by atoms with Gasteiger partial charge in [0.1, 0.15) is 23.8 Å². The predicted molar refractivity (Wildman–Crippen MR) is 118 cm³/mol. The number of piperidine rings is 1. The molecule has 0 aliphatic carbocycles. The van der Waals surface area contributed by atoms with Gasteiger partial charge in [0.25, 0.3) is 0 Å². The van der Waals surface area contributed by atoms with E-state index in [0.29, 0.717) is 5.69 Å². The van der Waals surface area contributed by atoms with Crippen molar-refractivity contribution in [3.63, 3.8) is 0 Å². The first-order valence-corrected chi connectivity index (χ1v) is 10.3. The minimum atomic E-state index is -0.125. The van der Waals surface area contributed by atoms with Crippen molar-refractivity contribution >= 4 is 29.0 Å². The molecule has 2 amide bonds. The van der Waals surface area contributed by atoms with Gasteiger partial charge in [0.15, 0.2) is 0 Å². The van der Waals surface area contributed by atoms with E-state index >= 15 is 0 Å². The van der Waals surface area contributed by atoms with Crippen molar-refractivity contribution in [1.29, 1.82) is 0 Å². The van der Waals surface area contributed by atoms with Crippen molar-refractivity contribution in [2.75, 3.05) is 28.6 Å². The Morgan fingerprint density at radius 2 is 1.61 bits per heavy atom. The Balaban J connectivity index is 1.34. The van der Waals surface area contributed by atoms with Crippen LogP contribution in [0.1, 0.15) is 25.6 Å². The highest BCUT2D eigenvalue weighted by atomic mass is 16.2. The summed E-state index contributed by atoms with van der Waals surface area (Å²) in [5.41, 5.74) is 1.42. The minimum absolute atomic E-state index is 0.0179. The van der Waals surface area contributed by atoms with Gasteiger partial charge in [-0.05, 0) is 44.0 Å². The van der Waals surface area contributed by atoms with Crippen LogP contribution in [0.4, 0.5) is 17.2 Å². The monoisotopic (exact) mass is 419 g/mol. The molecule has 1 aromatic carbocycles. The minimum Gasteiger partial charge on any atom is -0.356 e. The van der Waals surface area contributed by atoms with E-state index in [1.807, 2.05) is 23.8 Å². The number of nitrogens with zero attached hydrogens (tertiary/aromatic N) is 5. The third-order valence-electron chi connectivity index (χ3n) is 5.37. The van der Waals surface area contributed by atoms with Gasteiger partial charge in [-0.15, -0.1) is 0 Å². The topological polar surface area (TPSA) is 105 Å². The Kier molecular flexibility index (Phi) is 5.92. The maximum Gasteiger partial charge on any atom is 0.227 e. The van der Waals surface area contributed by atoms with E-state index in [-0.39, 0.29) is 17.7 Å². The Hall–Kier alpha value is -3.75. The molecule has 1 saturated heterocycles. The van der Waals surface area contributed by atoms with Crippen LogP contribution < -0.4 is 15.5 Å². The largest absolute Gasteiger partial charge is 0.356 e. The molecule has 0 spiro atoms. The fourth-order valence-electron chi connectivity index (χ4n) is 3.72. The van der Waals surface area contributed by atoms with Crippen LogP contribution in [0.2, 0.25) is 0 Å². The maximum absolute atomic E-state index is 12.7. The van der Waals surface area contributed by atoms with Crippen LogP contribution >= 0.6 is 0 Å². The molecular formula is C22H25N7O2. The molecule has 9 heteroatoms. The van der Waals surface area contributed by atoms with Crippen molar-refractivity contribution in [2.24, 2.45) is 5.92 Å². The normalized spacial score (nSPS) is 14.3. The number of benzene rings is 1. The summed E-state index contributed by atoms with van der Waals surface area (Å²) in [6.45, 7) is 4.89. The molecule has 9 nitrogen and oxygen atoms in total. The Morgan fingerprint density at radius 1 is 0.968 bits per heavy atom. The molecule has 1 aliphatic rings. The molecule has 1 fully saturated rings. The molecule has 31 heavy (non-hydrogen) atoms. The first-order valence-electron chi connectivity index (χ1n) is 10.3. The fraction of sp³-hybridized carbons (Fsp3) is 0.318. The van der Waals surface area contributed by atoms with Crippen LogP contribution in [0.5, 0.6) is 0 Å². The number of rotatable bonds is 5. The van der Waals surface area contributed by atoms with Crippen molar-refractivity contribution < 1.29 is 9.59 Å². The summed E-state index contributed by atoms with van der Waals surface area (Å²) >= 11 is 0. The molecule has 2 aromatic heterocycles. The smallest absolute Gasteiger partial charge is 0.227 e. The van der Waals surface area contributed by atoms with Crippen LogP contribution in [0.3, 0.4) is 0 Å². The summed E-state index contributed by atoms with van der Waals surface area (Å²) in [5, 5.41) is 5.69. The lowest BCUT2D eigenvalue weighted by Gasteiger charge is -2.32. The molecule has 0 radical (unpaired) electrons. The molecule has 0 atom stereocenters. The maximum atomic E-state index is 12.7.